The highest BCUT2D eigenvalue weighted by Crippen LogP contribution is 2.41. The number of hydrogen-bond acceptors (Lipinski definition) is 5. The van der Waals surface area contributed by atoms with Crippen LogP contribution in [0.2, 0.25) is 0 Å². The zero-order chi connectivity index (χ0) is 18.0. The summed E-state index contributed by atoms with van der Waals surface area (Å²) in [6.45, 7) is 0.202. The molecule has 0 spiro atoms. The van der Waals surface area contributed by atoms with Crippen LogP contribution in [-0.4, -0.2) is 45.0 Å². The lowest BCUT2D eigenvalue weighted by Crippen LogP contribution is -2.45. The molecule has 1 unspecified atom stereocenters. The summed E-state index contributed by atoms with van der Waals surface area (Å²) in [5.41, 5.74) is -0.682. The number of anilines is 1. The van der Waals surface area contributed by atoms with Crippen molar-refractivity contribution in [3.05, 3.63) is 23.3 Å². The Morgan fingerprint density at radius 3 is 2.62 bits per heavy atom. The molecule has 0 radical (unpaired) electrons. The van der Waals surface area contributed by atoms with E-state index in [-0.39, 0.29) is 12.3 Å². The molecule has 1 aromatic carbocycles. The highest BCUT2D eigenvalue weighted by molar-refractivity contribution is 6.14. The Morgan fingerprint density at radius 1 is 1.42 bits per heavy atom. The molecule has 9 heteroatoms. The van der Waals surface area contributed by atoms with Crippen LogP contribution in [0.25, 0.3) is 0 Å². The maximum Gasteiger partial charge on any atom is 0.318 e. The zero-order valence-electron chi connectivity index (χ0n) is 12.9. The molecular formula is C15H15F4NO4. The first kappa shape index (κ1) is 18.0. The minimum absolute atomic E-state index is 0.00851. The minimum Gasteiger partial charge on any atom is -0.491 e. The molecule has 5 nitrogen and oxygen atoms in total. The SMILES string of the molecule is CCOC(=O)C1CN(CC(F)F)c2c(cc(F)c(F)c2OC)C1=O. The number of Topliss-reactive ketones (excluding diaryl/α,β-unsaturated/α-hetero) is 1. The van der Waals surface area contributed by atoms with Gasteiger partial charge in [0, 0.05) is 12.1 Å². The van der Waals surface area contributed by atoms with Gasteiger partial charge in [0.25, 0.3) is 6.43 Å². The molecule has 2 rings (SSSR count). The third kappa shape index (κ3) is 3.15. The number of halogens is 4. The van der Waals surface area contributed by atoms with E-state index in [0.29, 0.717) is 6.07 Å². The van der Waals surface area contributed by atoms with Crippen LogP contribution in [0, 0.1) is 17.6 Å². The molecule has 0 fully saturated rings. The van der Waals surface area contributed by atoms with Crippen molar-refractivity contribution < 1.29 is 36.6 Å². The highest BCUT2D eigenvalue weighted by atomic mass is 19.3. The van der Waals surface area contributed by atoms with Crippen molar-refractivity contribution in [1.29, 1.82) is 0 Å². The number of carbonyl (C=O) groups excluding carboxylic acids is 2. The predicted octanol–water partition coefficient (Wildman–Crippen LogP) is 2.42. The van der Waals surface area contributed by atoms with Crippen LogP contribution in [0.4, 0.5) is 23.2 Å². The summed E-state index contributed by atoms with van der Waals surface area (Å²) in [4.78, 5) is 25.3. The molecule has 0 bridgehead atoms. The molecular weight excluding hydrogens is 334 g/mol. The Morgan fingerprint density at radius 2 is 2.08 bits per heavy atom. The van der Waals surface area contributed by atoms with Crippen molar-refractivity contribution in [1.82, 2.24) is 0 Å². The first-order chi connectivity index (χ1) is 11.3. The monoisotopic (exact) mass is 349 g/mol. The molecule has 1 aliphatic heterocycles. The van der Waals surface area contributed by atoms with Gasteiger partial charge in [-0.3, -0.25) is 9.59 Å². The van der Waals surface area contributed by atoms with Crippen LogP contribution >= 0.6 is 0 Å². The first-order valence-corrected chi connectivity index (χ1v) is 7.11. The van der Waals surface area contributed by atoms with E-state index in [2.05, 4.69) is 0 Å². The fourth-order valence-electron chi connectivity index (χ4n) is 2.62. The van der Waals surface area contributed by atoms with Gasteiger partial charge in [0.05, 0.1) is 25.9 Å². The number of nitrogens with zero attached hydrogens (tertiary/aromatic N) is 1. The van der Waals surface area contributed by atoms with E-state index in [4.69, 9.17) is 9.47 Å². The Kier molecular flexibility index (Phi) is 5.30. The molecule has 1 aromatic rings. The number of fused-ring (bicyclic) bond motifs is 1. The van der Waals surface area contributed by atoms with E-state index in [1.807, 2.05) is 0 Å². The number of methoxy groups -OCH3 is 1. The number of esters is 1. The van der Waals surface area contributed by atoms with Gasteiger partial charge < -0.3 is 14.4 Å². The maximum atomic E-state index is 13.9. The molecule has 1 aliphatic rings. The summed E-state index contributed by atoms with van der Waals surface area (Å²) in [6, 6.07) is 0.583. The van der Waals surface area contributed by atoms with Crippen molar-refractivity contribution in [2.24, 2.45) is 5.92 Å². The van der Waals surface area contributed by atoms with Gasteiger partial charge in [0.2, 0.25) is 5.82 Å². The van der Waals surface area contributed by atoms with Crippen molar-refractivity contribution >= 4 is 17.4 Å². The summed E-state index contributed by atoms with van der Waals surface area (Å²) < 4.78 is 62.8. The smallest absolute Gasteiger partial charge is 0.318 e. The van der Waals surface area contributed by atoms with Crippen molar-refractivity contribution in [2.45, 2.75) is 13.3 Å². The lowest BCUT2D eigenvalue weighted by Gasteiger charge is -2.35. The number of carbonyl (C=O) groups is 2. The van der Waals surface area contributed by atoms with E-state index in [0.717, 1.165) is 12.0 Å². The molecule has 0 amide bonds. The second kappa shape index (κ2) is 7.06. The van der Waals surface area contributed by atoms with Crippen LogP contribution in [0.5, 0.6) is 5.75 Å². The topological polar surface area (TPSA) is 55.8 Å². The van der Waals surface area contributed by atoms with Crippen LogP contribution in [0.15, 0.2) is 6.07 Å². The quantitative estimate of drug-likeness (QED) is 0.464. The number of rotatable bonds is 5. The van der Waals surface area contributed by atoms with Gasteiger partial charge >= 0.3 is 5.97 Å². The van der Waals surface area contributed by atoms with Gasteiger partial charge in [0.1, 0.15) is 5.92 Å². The molecule has 0 saturated carbocycles. The number of ketones is 1. The molecule has 0 aliphatic carbocycles. The molecule has 1 atom stereocenters. The Labute approximate surface area is 135 Å². The fraction of sp³-hybridized carbons (Fsp3) is 0.467. The number of benzene rings is 1. The third-order valence-electron chi connectivity index (χ3n) is 3.59. The summed E-state index contributed by atoms with van der Waals surface area (Å²) in [6.07, 6.45) is -2.83. The van der Waals surface area contributed by atoms with Crippen LogP contribution < -0.4 is 9.64 Å². The number of ether oxygens (including phenoxy) is 2. The predicted molar refractivity (Wildman–Crippen MR) is 75.6 cm³/mol. The second-order valence-corrected chi connectivity index (χ2v) is 5.07. The molecule has 132 valence electrons. The highest BCUT2D eigenvalue weighted by Gasteiger charge is 2.41. The molecule has 0 saturated heterocycles. The third-order valence-corrected chi connectivity index (χ3v) is 3.59. The molecule has 0 N–H and O–H groups in total. The molecule has 1 heterocycles. The van der Waals surface area contributed by atoms with E-state index >= 15 is 0 Å². The fourth-order valence-corrected chi connectivity index (χ4v) is 2.62. The zero-order valence-corrected chi connectivity index (χ0v) is 12.9. The maximum absolute atomic E-state index is 13.9. The average molecular weight is 349 g/mol. The van der Waals surface area contributed by atoms with E-state index in [1.54, 1.807) is 0 Å². The summed E-state index contributed by atoms with van der Waals surface area (Å²) in [7, 11) is 1.03. The first-order valence-electron chi connectivity index (χ1n) is 7.11. The van der Waals surface area contributed by atoms with Gasteiger partial charge in [-0.1, -0.05) is 0 Å². The Bertz CT molecular complexity index is 665. The van der Waals surface area contributed by atoms with Gasteiger partial charge in [-0.25, -0.2) is 13.2 Å². The second-order valence-electron chi connectivity index (χ2n) is 5.07. The van der Waals surface area contributed by atoms with E-state index in [1.165, 1.54) is 6.92 Å². The minimum atomic E-state index is -2.83. The number of alkyl halides is 2. The number of hydrogen-bond donors (Lipinski definition) is 0. The van der Waals surface area contributed by atoms with E-state index < -0.39 is 60.1 Å². The average Bonchev–Trinajstić information content (AvgIpc) is 2.51. The van der Waals surface area contributed by atoms with Crippen molar-refractivity contribution in [2.75, 3.05) is 31.7 Å². The van der Waals surface area contributed by atoms with Crippen LogP contribution in [-0.2, 0) is 9.53 Å². The largest absolute Gasteiger partial charge is 0.491 e. The Balaban J connectivity index is 2.60. The van der Waals surface area contributed by atoms with Crippen LogP contribution in [0.1, 0.15) is 17.3 Å². The van der Waals surface area contributed by atoms with Gasteiger partial charge in [0.15, 0.2) is 17.3 Å². The lowest BCUT2D eigenvalue weighted by atomic mass is 9.90. The Hall–Kier alpha value is -2.32. The molecule has 0 aromatic heterocycles. The summed E-state index contributed by atoms with van der Waals surface area (Å²) in [5.74, 6) is -6.55. The van der Waals surface area contributed by atoms with Crippen LogP contribution in [0.3, 0.4) is 0 Å². The standard InChI is InChI=1S/C15H15F4NO4/c1-3-24-15(22)8-5-20(6-10(17)18)12-7(13(8)21)4-9(16)11(19)14(12)23-2/h4,8,10H,3,5-6H2,1-2H3. The van der Waals surface area contributed by atoms with Gasteiger partial charge in [-0.15, -0.1) is 0 Å². The molecule has 24 heavy (non-hydrogen) atoms. The van der Waals surface area contributed by atoms with Gasteiger partial charge in [-0.2, -0.15) is 4.39 Å². The van der Waals surface area contributed by atoms with Crippen molar-refractivity contribution in [3.8, 4) is 5.75 Å². The summed E-state index contributed by atoms with van der Waals surface area (Å²) >= 11 is 0. The normalized spacial score (nSPS) is 17.0. The van der Waals surface area contributed by atoms with Crippen molar-refractivity contribution in [3.63, 3.8) is 0 Å². The summed E-state index contributed by atoms with van der Waals surface area (Å²) in [5, 5.41) is 0. The van der Waals surface area contributed by atoms with E-state index in [9.17, 15) is 27.2 Å². The lowest BCUT2D eigenvalue weighted by molar-refractivity contribution is -0.146. The van der Waals surface area contributed by atoms with Gasteiger partial charge in [-0.05, 0) is 13.0 Å².